The van der Waals surface area contributed by atoms with E-state index in [4.69, 9.17) is 4.74 Å². The van der Waals surface area contributed by atoms with E-state index >= 15 is 0 Å². The molecule has 0 bridgehead atoms. The third-order valence-corrected chi connectivity index (χ3v) is 3.50. The maximum absolute atomic E-state index is 5.72. The van der Waals surface area contributed by atoms with E-state index in [1.54, 1.807) is 0 Å². The zero-order chi connectivity index (χ0) is 13.7. The number of aromatic nitrogens is 1. The van der Waals surface area contributed by atoms with Gasteiger partial charge in [-0.25, -0.2) is 4.98 Å². The van der Waals surface area contributed by atoms with Crippen LogP contribution in [0.2, 0.25) is 0 Å². The van der Waals surface area contributed by atoms with Gasteiger partial charge in [0.2, 0.25) is 0 Å². The third kappa shape index (κ3) is 3.91. The molecule has 0 amide bonds. The first-order chi connectivity index (χ1) is 9.22. The van der Waals surface area contributed by atoms with Gasteiger partial charge in [0.05, 0.1) is 12.7 Å². The minimum atomic E-state index is 0.341. The number of aryl methyl sites for hydroxylation is 1. The van der Waals surface area contributed by atoms with E-state index in [0.717, 1.165) is 50.7 Å². The number of nitrogens with zero attached hydrogens (tertiary/aromatic N) is 2. The van der Waals surface area contributed by atoms with E-state index in [2.05, 4.69) is 48.1 Å². The second-order valence-corrected chi connectivity index (χ2v) is 5.10. The molecule has 0 radical (unpaired) electrons. The van der Waals surface area contributed by atoms with E-state index in [-0.39, 0.29) is 0 Å². The molecule has 1 N–H and O–H groups in total. The molecule has 1 aromatic heterocycles. The van der Waals surface area contributed by atoms with E-state index < -0.39 is 0 Å². The summed E-state index contributed by atoms with van der Waals surface area (Å²) in [5.74, 6) is 1.09. The Hall–Kier alpha value is -1.13. The van der Waals surface area contributed by atoms with Crippen molar-refractivity contribution in [3.8, 4) is 0 Å². The lowest BCUT2D eigenvalue weighted by Crippen LogP contribution is -2.42. The van der Waals surface area contributed by atoms with Gasteiger partial charge in [0.25, 0.3) is 0 Å². The SMILES string of the molecule is CCNCc1cc(C)nc(N2CCOC(CC)C2)c1. The van der Waals surface area contributed by atoms with Gasteiger partial charge in [-0.15, -0.1) is 0 Å². The summed E-state index contributed by atoms with van der Waals surface area (Å²) >= 11 is 0. The molecule has 1 unspecified atom stereocenters. The van der Waals surface area contributed by atoms with Crippen LogP contribution in [-0.2, 0) is 11.3 Å². The molecule has 0 saturated carbocycles. The average Bonchev–Trinajstić information content (AvgIpc) is 2.44. The molecular weight excluding hydrogens is 238 g/mol. The van der Waals surface area contributed by atoms with Crippen molar-refractivity contribution in [3.63, 3.8) is 0 Å². The molecule has 1 fully saturated rings. The summed E-state index contributed by atoms with van der Waals surface area (Å²) in [6.45, 7) is 11.0. The Morgan fingerprint density at radius 1 is 1.42 bits per heavy atom. The maximum atomic E-state index is 5.72. The third-order valence-electron chi connectivity index (χ3n) is 3.50. The van der Waals surface area contributed by atoms with Crippen LogP contribution in [0.15, 0.2) is 12.1 Å². The Morgan fingerprint density at radius 2 is 2.26 bits per heavy atom. The fraction of sp³-hybridized carbons (Fsp3) is 0.667. The molecule has 0 aliphatic carbocycles. The van der Waals surface area contributed by atoms with Crippen molar-refractivity contribution >= 4 is 5.82 Å². The summed E-state index contributed by atoms with van der Waals surface area (Å²) < 4.78 is 5.72. The molecule has 1 aliphatic rings. The number of morpholine rings is 1. The number of pyridine rings is 1. The minimum absolute atomic E-state index is 0.341. The van der Waals surface area contributed by atoms with Crippen molar-refractivity contribution in [1.29, 1.82) is 0 Å². The second kappa shape index (κ2) is 6.87. The highest BCUT2D eigenvalue weighted by atomic mass is 16.5. The summed E-state index contributed by atoms with van der Waals surface area (Å²) in [5, 5.41) is 3.37. The van der Waals surface area contributed by atoms with Crippen molar-refractivity contribution in [2.24, 2.45) is 0 Å². The Labute approximate surface area is 116 Å². The number of nitrogens with one attached hydrogen (secondary N) is 1. The van der Waals surface area contributed by atoms with Crippen molar-refractivity contribution in [1.82, 2.24) is 10.3 Å². The Kier molecular flexibility index (Phi) is 5.16. The highest BCUT2D eigenvalue weighted by molar-refractivity contribution is 5.43. The van der Waals surface area contributed by atoms with Crippen LogP contribution < -0.4 is 10.2 Å². The lowest BCUT2D eigenvalue weighted by molar-refractivity contribution is 0.0381. The Balaban J connectivity index is 2.11. The van der Waals surface area contributed by atoms with Crippen molar-refractivity contribution in [3.05, 3.63) is 23.4 Å². The Bertz CT molecular complexity index is 408. The summed E-state index contributed by atoms with van der Waals surface area (Å²) in [6, 6.07) is 4.36. The monoisotopic (exact) mass is 263 g/mol. The van der Waals surface area contributed by atoms with Gasteiger partial charge in [-0.1, -0.05) is 13.8 Å². The molecule has 1 aromatic rings. The van der Waals surface area contributed by atoms with Gasteiger partial charge in [-0.3, -0.25) is 0 Å². The van der Waals surface area contributed by atoms with Crippen molar-refractivity contribution in [2.75, 3.05) is 31.1 Å². The van der Waals surface area contributed by atoms with Gasteiger partial charge in [0.1, 0.15) is 5.82 Å². The van der Waals surface area contributed by atoms with Crippen LogP contribution in [0.4, 0.5) is 5.82 Å². The highest BCUT2D eigenvalue weighted by Crippen LogP contribution is 2.19. The molecule has 0 spiro atoms. The lowest BCUT2D eigenvalue weighted by atomic mass is 10.2. The molecule has 2 heterocycles. The molecule has 19 heavy (non-hydrogen) atoms. The predicted octanol–water partition coefficient (Wildman–Crippen LogP) is 2.11. The van der Waals surface area contributed by atoms with Gasteiger partial charge in [-0.2, -0.15) is 0 Å². The van der Waals surface area contributed by atoms with E-state index in [0.29, 0.717) is 6.10 Å². The molecular formula is C15H25N3O. The number of anilines is 1. The van der Waals surface area contributed by atoms with E-state index in [1.165, 1.54) is 5.56 Å². The van der Waals surface area contributed by atoms with Gasteiger partial charge in [0.15, 0.2) is 0 Å². The van der Waals surface area contributed by atoms with Crippen LogP contribution >= 0.6 is 0 Å². The summed E-state index contributed by atoms with van der Waals surface area (Å²) in [7, 11) is 0. The first kappa shape index (κ1) is 14.3. The van der Waals surface area contributed by atoms with Crippen molar-refractivity contribution < 1.29 is 4.74 Å². The van der Waals surface area contributed by atoms with E-state index in [1.807, 2.05) is 0 Å². The van der Waals surface area contributed by atoms with Crippen LogP contribution in [0, 0.1) is 6.92 Å². The zero-order valence-electron chi connectivity index (χ0n) is 12.3. The zero-order valence-corrected chi connectivity index (χ0v) is 12.3. The quantitative estimate of drug-likeness (QED) is 0.883. The number of ether oxygens (including phenoxy) is 1. The second-order valence-electron chi connectivity index (χ2n) is 5.10. The molecule has 1 aliphatic heterocycles. The number of hydrogen-bond donors (Lipinski definition) is 1. The summed E-state index contributed by atoms with van der Waals surface area (Å²) in [4.78, 5) is 7.02. The topological polar surface area (TPSA) is 37.4 Å². The molecule has 1 saturated heterocycles. The fourth-order valence-electron chi connectivity index (χ4n) is 2.43. The molecule has 0 aromatic carbocycles. The summed E-state index contributed by atoms with van der Waals surface area (Å²) in [6.07, 6.45) is 1.40. The first-order valence-corrected chi connectivity index (χ1v) is 7.27. The molecule has 4 nitrogen and oxygen atoms in total. The van der Waals surface area contributed by atoms with Gasteiger partial charge >= 0.3 is 0 Å². The van der Waals surface area contributed by atoms with Crippen LogP contribution in [0.5, 0.6) is 0 Å². The van der Waals surface area contributed by atoms with Crippen LogP contribution in [0.25, 0.3) is 0 Å². The predicted molar refractivity (Wildman–Crippen MR) is 78.6 cm³/mol. The lowest BCUT2D eigenvalue weighted by Gasteiger charge is -2.33. The number of rotatable bonds is 5. The smallest absolute Gasteiger partial charge is 0.129 e. The molecule has 4 heteroatoms. The molecule has 1 atom stereocenters. The average molecular weight is 263 g/mol. The molecule has 2 rings (SSSR count). The van der Waals surface area contributed by atoms with Crippen LogP contribution in [-0.4, -0.2) is 37.3 Å². The number of hydrogen-bond acceptors (Lipinski definition) is 4. The minimum Gasteiger partial charge on any atom is -0.375 e. The van der Waals surface area contributed by atoms with Gasteiger partial charge in [0, 0.05) is 25.3 Å². The highest BCUT2D eigenvalue weighted by Gasteiger charge is 2.20. The van der Waals surface area contributed by atoms with E-state index in [9.17, 15) is 0 Å². The first-order valence-electron chi connectivity index (χ1n) is 7.27. The van der Waals surface area contributed by atoms with Gasteiger partial charge < -0.3 is 15.0 Å². The molecule has 106 valence electrons. The van der Waals surface area contributed by atoms with Gasteiger partial charge in [-0.05, 0) is 37.6 Å². The standard InChI is InChI=1S/C15H25N3O/c1-4-14-11-18(6-7-19-14)15-9-13(10-16-5-2)8-12(3)17-15/h8-9,14,16H,4-7,10-11H2,1-3H3. The maximum Gasteiger partial charge on any atom is 0.129 e. The van der Waals surface area contributed by atoms with Crippen molar-refractivity contribution in [2.45, 2.75) is 39.8 Å². The Morgan fingerprint density at radius 3 is 3.00 bits per heavy atom. The fourth-order valence-corrected chi connectivity index (χ4v) is 2.43. The van der Waals surface area contributed by atoms with Crippen LogP contribution in [0.3, 0.4) is 0 Å². The summed E-state index contributed by atoms with van der Waals surface area (Å²) in [5.41, 5.74) is 2.40. The largest absolute Gasteiger partial charge is 0.375 e. The van der Waals surface area contributed by atoms with Crippen LogP contribution in [0.1, 0.15) is 31.5 Å². The normalized spacial score (nSPS) is 19.7.